The van der Waals surface area contributed by atoms with E-state index in [9.17, 15) is 19.5 Å². The fourth-order valence-corrected chi connectivity index (χ4v) is 2.77. The van der Waals surface area contributed by atoms with Crippen molar-refractivity contribution in [2.75, 3.05) is 6.54 Å². The van der Waals surface area contributed by atoms with Gasteiger partial charge in [0, 0.05) is 18.3 Å². The van der Waals surface area contributed by atoms with Crippen molar-refractivity contribution in [3.05, 3.63) is 23.5 Å². The molecule has 1 aromatic rings. The molecule has 0 radical (unpaired) electrons. The van der Waals surface area contributed by atoms with Gasteiger partial charge in [0.05, 0.1) is 5.41 Å². The highest BCUT2D eigenvalue weighted by Crippen LogP contribution is 2.36. The van der Waals surface area contributed by atoms with Crippen molar-refractivity contribution < 1.29 is 19.5 Å². The molecule has 0 aromatic carbocycles. The molecular weight excluding hydrogens is 272 g/mol. The Labute approximate surface area is 122 Å². The molecule has 0 aliphatic heterocycles. The number of carbonyl (C=O) groups excluding carboxylic acids is 2. The summed E-state index contributed by atoms with van der Waals surface area (Å²) in [5.74, 6) is -1.35. The van der Waals surface area contributed by atoms with Crippen LogP contribution in [0, 0.1) is 5.41 Å². The monoisotopic (exact) mass is 292 g/mol. The number of carboxylic acids is 1. The van der Waals surface area contributed by atoms with Gasteiger partial charge in [0.2, 0.25) is 0 Å². The minimum atomic E-state index is -0.857. The number of aromatic amines is 1. The summed E-state index contributed by atoms with van der Waals surface area (Å²) in [6.07, 6.45) is 5.45. The molecule has 0 spiro atoms. The Bertz CT molecular complexity index is 556. The predicted molar refractivity (Wildman–Crippen MR) is 76.3 cm³/mol. The zero-order chi connectivity index (χ0) is 15.5. The molecule has 2 rings (SSSR count). The van der Waals surface area contributed by atoms with Crippen LogP contribution in [0.15, 0.2) is 12.3 Å². The largest absolute Gasteiger partial charge is 0.481 e. The zero-order valence-electron chi connectivity index (χ0n) is 12.1. The molecule has 0 saturated heterocycles. The summed E-state index contributed by atoms with van der Waals surface area (Å²) in [6.45, 7) is 1.54. The van der Waals surface area contributed by atoms with E-state index in [0.717, 1.165) is 19.3 Å². The first-order chi connectivity index (χ1) is 9.94. The highest BCUT2D eigenvalue weighted by atomic mass is 16.4. The van der Waals surface area contributed by atoms with Crippen LogP contribution in [0.5, 0.6) is 0 Å². The van der Waals surface area contributed by atoms with Crippen LogP contribution in [0.25, 0.3) is 0 Å². The molecule has 114 valence electrons. The van der Waals surface area contributed by atoms with Crippen molar-refractivity contribution in [3.8, 4) is 0 Å². The third-order valence-electron chi connectivity index (χ3n) is 4.19. The summed E-state index contributed by atoms with van der Waals surface area (Å²) in [5.41, 5.74) is -0.147. The average Bonchev–Trinajstić information content (AvgIpc) is 2.95. The Hall–Kier alpha value is -2.11. The highest BCUT2D eigenvalue weighted by molar-refractivity contribution is 5.99. The SMILES string of the molecule is CC(=O)c1c[nH]c(C(=O)NCC2(C(=O)O)CCCCC2)c1. The van der Waals surface area contributed by atoms with E-state index in [1.807, 2.05) is 0 Å². The summed E-state index contributed by atoms with van der Waals surface area (Å²) < 4.78 is 0. The number of aliphatic carboxylic acids is 1. The Morgan fingerprint density at radius 2 is 1.95 bits per heavy atom. The molecule has 1 aromatic heterocycles. The van der Waals surface area contributed by atoms with Crippen LogP contribution in [0.3, 0.4) is 0 Å². The molecule has 1 aliphatic rings. The first-order valence-electron chi connectivity index (χ1n) is 7.15. The summed E-state index contributed by atoms with van der Waals surface area (Å²) in [7, 11) is 0. The molecule has 0 atom stereocenters. The molecule has 1 aliphatic carbocycles. The fraction of sp³-hybridized carbons (Fsp3) is 0.533. The second kappa shape index (κ2) is 6.11. The molecule has 6 nitrogen and oxygen atoms in total. The molecule has 0 bridgehead atoms. The van der Waals surface area contributed by atoms with Crippen LogP contribution >= 0.6 is 0 Å². The van der Waals surface area contributed by atoms with E-state index < -0.39 is 11.4 Å². The van der Waals surface area contributed by atoms with Gasteiger partial charge in [-0.2, -0.15) is 0 Å². The van der Waals surface area contributed by atoms with Crippen molar-refractivity contribution in [1.29, 1.82) is 0 Å². The van der Waals surface area contributed by atoms with Gasteiger partial charge >= 0.3 is 5.97 Å². The number of rotatable bonds is 5. The zero-order valence-corrected chi connectivity index (χ0v) is 12.1. The quantitative estimate of drug-likeness (QED) is 0.722. The van der Waals surface area contributed by atoms with Crippen molar-refractivity contribution in [2.24, 2.45) is 5.41 Å². The Balaban J connectivity index is 2.01. The third kappa shape index (κ3) is 3.32. The molecule has 1 amide bonds. The Kier molecular flexibility index (Phi) is 4.45. The number of ketones is 1. The lowest BCUT2D eigenvalue weighted by molar-refractivity contribution is -0.150. The van der Waals surface area contributed by atoms with E-state index in [2.05, 4.69) is 10.3 Å². The second-order valence-corrected chi connectivity index (χ2v) is 5.69. The van der Waals surface area contributed by atoms with Gasteiger partial charge in [-0.3, -0.25) is 14.4 Å². The maximum absolute atomic E-state index is 12.0. The van der Waals surface area contributed by atoms with Gasteiger partial charge in [-0.1, -0.05) is 19.3 Å². The average molecular weight is 292 g/mol. The van der Waals surface area contributed by atoms with E-state index in [1.165, 1.54) is 19.2 Å². The third-order valence-corrected chi connectivity index (χ3v) is 4.19. The number of aromatic nitrogens is 1. The minimum Gasteiger partial charge on any atom is -0.481 e. The van der Waals surface area contributed by atoms with Crippen molar-refractivity contribution in [2.45, 2.75) is 39.0 Å². The van der Waals surface area contributed by atoms with Gasteiger partial charge in [-0.15, -0.1) is 0 Å². The fourth-order valence-electron chi connectivity index (χ4n) is 2.77. The van der Waals surface area contributed by atoms with Gasteiger partial charge in [0.25, 0.3) is 5.91 Å². The molecule has 1 saturated carbocycles. The maximum Gasteiger partial charge on any atom is 0.311 e. The standard InChI is InChI=1S/C15H20N2O4/c1-10(18)11-7-12(16-8-11)13(19)17-9-15(14(20)21)5-3-2-4-6-15/h7-8,16H,2-6,9H2,1H3,(H,17,19)(H,20,21). The number of hydrogen-bond donors (Lipinski definition) is 3. The number of carboxylic acid groups (broad SMARTS) is 1. The van der Waals surface area contributed by atoms with Gasteiger partial charge in [0.1, 0.15) is 5.69 Å². The van der Waals surface area contributed by atoms with Crippen LogP contribution in [-0.2, 0) is 4.79 Å². The van der Waals surface area contributed by atoms with Gasteiger partial charge < -0.3 is 15.4 Å². The lowest BCUT2D eigenvalue weighted by Gasteiger charge is -2.33. The lowest BCUT2D eigenvalue weighted by atomic mass is 9.74. The summed E-state index contributed by atoms with van der Waals surface area (Å²) in [4.78, 5) is 37.5. The van der Waals surface area contributed by atoms with E-state index in [1.54, 1.807) is 0 Å². The summed E-state index contributed by atoms with van der Waals surface area (Å²) in [6, 6.07) is 1.48. The van der Waals surface area contributed by atoms with Gasteiger partial charge in [-0.05, 0) is 25.8 Å². The van der Waals surface area contributed by atoms with E-state index in [4.69, 9.17) is 0 Å². The van der Waals surface area contributed by atoms with Crippen LogP contribution in [0.4, 0.5) is 0 Å². The number of H-pyrrole nitrogens is 1. The van der Waals surface area contributed by atoms with E-state index >= 15 is 0 Å². The number of Topliss-reactive ketones (excluding diaryl/α,β-unsaturated/α-hetero) is 1. The van der Waals surface area contributed by atoms with Crippen LogP contribution < -0.4 is 5.32 Å². The second-order valence-electron chi connectivity index (χ2n) is 5.69. The van der Waals surface area contributed by atoms with Gasteiger partial charge in [-0.25, -0.2) is 0 Å². The van der Waals surface area contributed by atoms with Crippen molar-refractivity contribution in [1.82, 2.24) is 10.3 Å². The molecule has 1 heterocycles. The minimum absolute atomic E-state index is 0.121. The summed E-state index contributed by atoms with van der Waals surface area (Å²) in [5, 5.41) is 12.1. The van der Waals surface area contributed by atoms with E-state index in [-0.39, 0.29) is 23.9 Å². The van der Waals surface area contributed by atoms with Crippen LogP contribution in [0.1, 0.15) is 59.9 Å². The molecule has 3 N–H and O–H groups in total. The van der Waals surface area contributed by atoms with E-state index in [0.29, 0.717) is 18.4 Å². The number of carbonyl (C=O) groups is 3. The van der Waals surface area contributed by atoms with Gasteiger partial charge in [0.15, 0.2) is 5.78 Å². The molecule has 21 heavy (non-hydrogen) atoms. The summed E-state index contributed by atoms with van der Waals surface area (Å²) >= 11 is 0. The molecule has 0 unspecified atom stereocenters. The topological polar surface area (TPSA) is 99.3 Å². The first kappa shape index (κ1) is 15.3. The van der Waals surface area contributed by atoms with Crippen molar-refractivity contribution in [3.63, 3.8) is 0 Å². The molecule has 6 heteroatoms. The maximum atomic E-state index is 12.0. The highest BCUT2D eigenvalue weighted by Gasteiger charge is 2.39. The normalized spacial score (nSPS) is 17.2. The molecule has 1 fully saturated rings. The number of amides is 1. The lowest BCUT2D eigenvalue weighted by Crippen LogP contribution is -2.44. The van der Waals surface area contributed by atoms with Crippen LogP contribution in [-0.4, -0.2) is 34.3 Å². The van der Waals surface area contributed by atoms with Crippen LogP contribution in [0.2, 0.25) is 0 Å². The Morgan fingerprint density at radius 1 is 1.29 bits per heavy atom. The first-order valence-corrected chi connectivity index (χ1v) is 7.15. The van der Waals surface area contributed by atoms with Crippen molar-refractivity contribution >= 4 is 17.7 Å². The smallest absolute Gasteiger partial charge is 0.311 e. The predicted octanol–water partition coefficient (Wildman–Crippen LogP) is 1.98. The number of nitrogens with one attached hydrogen (secondary N) is 2. The number of hydrogen-bond acceptors (Lipinski definition) is 3. The molecular formula is C15H20N2O4. The Morgan fingerprint density at radius 3 is 2.48 bits per heavy atom.